The van der Waals surface area contributed by atoms with Gasteiger partial charge in [-0.15, -0.1) is 0 Å². The van der Waals surface area contributed by atoms with Gasteiger partial charge in [0.2, 0.25) is 0 Å². The highest BCUT2D eigenvalue weighted by atomic mass is 32.1. The van der Waals surface area contributed by atoms with Gasteiger partial charge in [0.15, 0.2) is 10.6 Å². The molecule has 0 amide bonds. The second kappa shape index (κ2) is 3.43. The summed E-state index contributed by atoms with van der Waals surface area (Å²) in [6.07, 6.45) is 0. The third-order valence-corrected chi connectivity index (χ3v) is 2.85. The Balaban J connectivity index is 2.58. The van der Waals surface area contributed by atoms with Gasteiger partial charge in [-0.05, 0) is 30.6 Å². The van der Waals surface area contributed by atoms with E-state index in [1.54, 1.807) is 11.3 Å². The lowest BCUT2D eigenvalue weighted by Crippen LogP contribution is -1.96. The minimum absolute atomic E-state index is 0.684. The van der Waals surface area contributed by atoms with Gasteiger partial charge >= 0.3 is 0 Å². The Bertz CT molecular complexity index is 438. The van der Waals surface area contributed by atoms with Gasteiger partial charge in [0, 0.05) is 17.5 Å². The fourth-order valence-electron chi connectivity index (χ4n) is 1.22. The van der Waals surface area contributed by atoms with Crippen LogP contribution in [-0.4, -0.2) is 14.8 Å². The Hall–Kier alpha value is -0.940. The van der Waals surface area contributed by atoms with Gasteiger partial charge < -0.3 is 4.57 Å². The Labute approximate surface area is 85.0 Å². The summed E-state index contributed by atoms with van der Waals surface area (Å²) in [5, 5.41) is 11.1. The van der Waals surface area contributed by atoms with Crippen molar-refractivity contribution in [2.75, 3.05) is 0 Å². The fraction of sp³-hybridized carbons (Fsp3) is 0.250. The number of hydrogen-bond donors (Lipinski definition) is 1. The zero-order valence-corrected chi connectivity index (χ0v) is 8.78. The Morgan fingerprint density at radius 2 is 2.54 bits per heavy atom. The Kier molecular flexibility index (Phi) is 2.28. The first-order chi connectivity index (χ1) is 6.33. The van der Waals surface area contributed by atoms with E-state index in [1.165, 1.54) is 0 Å². The number of hydrogen-bond acceptors (Lipinski definition) is 3. The summed E-state index contributed by atoms with van der Waals surface area (Å²) in [7, 11) is 0. The molecule has 2 heterocycles. The number of aromatic nitrogens is 3. The Morgan fingerprint density at radius 1 is 1.69 bits per heavy atom. The molecule has 3 nitrogen and oxygen atoms in total. The minimum atomic E-state index is 0.684. The van der Waals surface area contributed by atoms with Crippen LogP contribution in [0.15, 0.2) is 16.8 Å². The monoisotopic (exact) mass is 211 g/mol. The van der Waals surface area contributed by atoms with E-state index >= 15 is 0 Å². The summed E-state index contributed by atoms with van der Waals surface area (Å²) in [4.78, 5) is 0. The molecule has 2 aromatic heterocycles. The maximum atomic E-state index is 5.09. The number of thiophene rings is 1. The van der Waals surface area contributed by atoms with Gasteiger partial charge in [0.05, 0.1) is 0 Å². The van der Waals surface area contributed by atoms with Crippen molar-refractivity contribution >= 4 is 23.6 Å². The molecular weight excluding hydrogens is 202 g/mol. The predicted octanol–water partition coefficient (Wildman–Crippen LogP) is 2.69. The highest BCUT2D eigenvalue weighted by Crippen LogP contribution is 2.19. The average molecular weight is 211 g/mol. The number of nitrogens with one attached hydrogen (secondary N) is 1. The van der Waals surface area contributed by atoms with Crippen molar-refractivity contribution < 1.29 is 0 Å². The Morgan fingerprint density at radius 3 is 3.15 bits per heavy atom. The van der Waals surface area contributed by atoms with Crippen LogP contribution in [0.2, 0.25) is 0 Å². The molecule has 2 aromatic rings. The topological polar surface area (TPSA) is 33.6 Å². The molecule has 0 aliphatic heterocycles. The molecule has 5 heteroatoms. The molecule has 0 radical (unpaired) electrons. The molecule has 13 heavy (non-hydrogen) atoms. The van der Waals surface area contributed by atoms with Crippen molar-refractivity contribution in [3.8, 4) is 11.4 Å². The van der Waals surface area contributed by atoms with Crippen LogP contribution in [0, 0.1) is 4.77 Å². The lowest BCUT2D eigenvalue weighted by molar-refractivity contribution is 0.756. The molecule has 0 unspecified atom stereocenters. The van der Waals surface area contributed by atoms with Crippen molar-refractivity contribution in [1.29, 1.82) is 0 Å². The van der Waals surface area contributed by atoms with Gasteiger partial charge in [0.25, 0.3) is 0 Å². The number of nitrogens with zero attached hydrogens (tertiary/aromatic N) is 2. The summed E-state index contributed by atoms with van der Waals surface area (Å²) >= 11 is 6.76. The standard InChI is InChI=1S/C8H9N3S2/c1-2-11-7(9-10-8(11)12)6-3-4-13-5-6/h3-5H,2H2,1H3,(H,10,12). The van der Waals surface area contributed by atoms with E-state index in [9.17, 15) is 0 Å². The first-order valence-electron chi connectivity index (χ1n) is 4.00. The van der Waals surface area contributed by atoms with Crippen molar-refractivity contribution in [2.45, 2.75) is 13.5 Å². The van der Waals surface area contributed by atoms with Crippen LogP contribution in [-0.2, 0) is 6.54 Å². The highest BCUT2D eigenvalue weighted by molar-refractivity contribution is 7.71. The summed E-state index contributed by atoms with van der Waals surface area (Å²) in [6.45, 7) is 2.90. The molecule has 2 rings (SSSR count). The molecule has 0 aromatic carbocycles. The van der Waals surface area contributed by atoms with Gasteiger partial charge in [-0.25, -0.2) is 0 Å². The van der Waals surface area contributed by atoms with Crippen LogP contribution in [0.5, 0.6) is 0 Å². The lowest BCUT2D eigenvalue weighted by Gasteiger charge is -1.99. The second-order valence-corrected chi connectivity index (χ2v) is 3.78. The molecule has 0 aliphatic rings. The second-order valence-electron chi connectivity index (χ2n) is 2.61. The molecule has 0 saturated heterocycles. The van der Waals surface area contributed by atoms with Crippen LogP contribution < -0.4 is 0 Å². The first-order valence-corrected chi connectivity index (χ1v) is 5.36. The quantitative estimate of drug-likeness (QED) is 0.775. The molecular formula is C8H9N3S2. The van der Waals surface area contributed by atoms with Crippen LogP contribution in [0.1, 0.15) is 6.92 Å². The molecule has 0 spiro atoms. The van der Waals surface area contributed by atoms with Crippen LogP contribution in [0.3, 0.4) is 0 Å². The van der Waals surface area contributed by atoms with Gasteiger partial charge in [-0.1, -0.05) is 0 Å². The largest absolute Gasteiger partial charge is 0.300 e. The fourth-order valence-corrected chi connectivity index (χ4v) is 2.12. The summed E-state index contributed by atoms with van der Waals surface area (Å²) in [5.41, 5.74) is 1.12. The van der Waals surface area contributed by atoms with Gasteiger partial charge in [0.1, 0.15) is 0 Å². The third-order valence-electron chi connectivity index (χ3n) is 1.85. The maximum absolute atomic E-state index is 5.09. The zero-order valence-electron chi connectivity index (χ0n) is 7.15. The smallest absolute Gasteiger partial charge is 0.195 e. The molecule has 0 saturated carbocycles. The molecule has 1 N–H and O–H groups in total. The van der Waals surface area contributed by atoms with E-state index in [0.717, 1.165) is 17.9 Å². The van der Waals surface area contributed by atoms with Crippen molar-refractivity contribution in [3.63, 3.8) is 0 Å². The average Bonchev–Trinajstić information content (AvgIpc) is 2.71. The normalized spacial score (nSPS) is 10.5. The van der Waals surface area contributed by atoms with Gasteiger partial charge in [-0.3, -0.25) is 5.10 Å². The number of H-pyrrole nitrogens is 1. The molecule has 68 valence electrons. The molecule has 0 aliphatic carbocycles. The van der Waals surface area contributed by atoms with Crippen molar-refractivity contribution in [3.05, 3.63) is 21.6 Å². The minimum Gasteiger partial charge on any atom is -0.300 e. The van der Waals surface area contributed by atoms with Crippen molar-refractivity contribution in [2.24, 2.45) is 0 Å². The third kappa shape index (κ3) is 1.45. The summed E-state index contributed by atoms with van der Waals surface area (Å²) in [5.74, 6) is 0.925. The van der Waals surface area contributed by atoms with Crippen LogP contribution >= 0.6 is 23.6 Å². The molecule has 0 fully saturated rings. The molecule has 0 bridgehead atoms. The van der Waals surface area contributed by atoms with E-state index in [-0.39, 0.29) is 0 Å². The van der Waals surface area contributed by atoms with E-state index in [1.807, 2.05) is 16.0 Å². The highest BCUT2D eigenvalue weighted by Gasteiger charge is 2.06. The van der Waals surface area contributed by atoms with E-state index in [4.69, 9.17) is 12.2 Å². The van der Waals surface area contributed by atoms with Crippen molar-refractivity contribution in [1.82, 2.24) is 14.8 Å². The van der Waals surface area contributed by atoms with Crippen LogP contribution in [0.25, 0.3) is 11.4 Å². The maximum Gasteiger partial charge on any atom is 0.195 e. The number of aromatic amines is 1. The summed E-state index contributed by atoms with van der Waals surface area (Å²) < 4.78 is 2.67. The summed E-state index contributed by atoms with van der Waals surface area (Å²) in [6, 6.07) is 2.04. The zero-order chi connectivity index (χ0) is 9.26. The first kappa shape index (κ1) is 8.65. The van der Waals surface area contributed by atoms with E-state index < -0.39 is 0 Å². The van der Waals surface area contributed by atoms with Crippen LogP contribution in [0.4, 0.5) is 0 Å². The predicted molar refractivity (Wildman–Crippen MR) is 56.4 cm³/mol. The number of rotatable bonds is 2. The van der Waals surface area contributed by atoms with E-state index in [2.05, 4.69) is 22.5 Å². The van der Waals surface area contributed by atoms with E-state index in [0.29, 0.717) is 4.77 Å². The molecule has 0 atom stereocenters. The lowest BCUT2D eigenvalue weighted by atomic mass is 10.3. The SMILES string of the molecule is CCn1c(-c2ccsc2)n[nH]c1=S. The van der Waals surface area contributed by atoms with Gasteiger partial charge in [-0.2, -0.15) is 16.4 Å².